The molecule has 0 radical (unpaired) electrons. The van der Waals surface area contributed by atoms with Crippen molar-refractivity contribution in [3.05, 3.63) is 289 Å². The molecule has 0 spiro atoms. The number of hydrogen-bond donors (Lipinski definition) is 0. The molecule has 12 heterocycles. The normalized spacial score (nSPS) is 11.6. The summed E-state index contributed by atoms with van der Waals surface area (Å²) < 4.78 is 194. The van der Waals surface area contributed by atoms with Gasteiger partial charge in [0.1, 0.15) is 55.6 Å². The average Bonchev–Trinajstić information content (AvgIpc) is 0.967. The number of rotatable bonds is 22. The van der Waals surface area contributed by atoms with Crippen LogP contribution >= 0.6 is 11.6 Å². The molecule has 0 fully saturated rings. The van der Waals surface area contributed by atoms with Crippen molar-refractivity contribution in [2.45, 2.75) is 53.0 Å². The minimum atomic E-state index is -4.89. The zero-order valence-electron chi connectivity index (χ0n) is 71.5. The third kappa shape index (κ3) is 21.1. The molecular weight excluding hydrogens is 1820 g/mol. The van der Waals surface area contributed by atoms with Crippen LogP contribution in [-0.2, 0) is 21.1 Å². The molecule has 12 aromatic heterocycles. The molecule has 0 aliphatic carbocycles. The van der Waals surface area contributed by atoms with Gasteiger partial charge in [-0.3, -0.25) is 33.2 Å². The highest BCUT2D eigenvalue weighted by molar-refractivity contribution is 6.30. The van der Waals surface area contributed by atoms with Gasteiger partial charge in [0.15, 0.2) is 13.2 Å². The van der Waals surface area contributed by atoms with Gasteiger partial charge < -0.3 is 33.2 Å². The van der Waals surface area contributed by atoms with Crippen LogP contribution in [0, 0.1) is 6.92 Å². The van der Waals surface area contributed by atoms with Crippen LogP contribution < -0.4 is 55.4 Å². The Morgan fingerprint density at radius 1 is 0.360 bits per heavy atom. The monoisotopic (exact) mass is 1890 g/mol. The SMILES string of the molecule is CCOc1ccc2nn(-c3ccc(C)cc3)c(=O)c(-c3ccc(OC(F)F)cc3)c2n1.CCOc1ccc2nn(-c3ccc4nn(C)cc4c3)c(=O)c(-c3ccc(OC(F)(F)F)nc3)c2n1.Cn1cc2cc(-n3nc4ccc(OCC(F)(F)F)nc4c(-c4ccc(OC(F)F)cc4)c3=O)ccc2n1.Cn1cc2cc(-n3nc4ccc(OCC(F)F)nc4c(-c4ccc(Cl)cc4)c3=O)ccc2n1. The molecule has 0 N–H and O–H groups in total. The lowest BCUT2D eigenvalue weighted by molar-refractivity contribution is -0.276. The number of fused-ring (bicyclic) bond motifs is 7. The molecule has 43 heteroatoms. The summed E-state index contributed by atoms with van der Waals surface area (Å²) in [7, 11) is 5.36. The van der Waals surface area contributed by atoms with Gasteiger partial charge in [-0.05, 0) is 171 Å². The standard InChI is InChI=1S/C24H16F5N5O3.C23H16ClF2N5O2.C23H17F3N6O3.C23H19F2N3O3/c1-33-11-14-10-15(4-7-17(14)31-33)34-22(35)20(13-2-5-16(6-3-13)37-23(25)26)21-18(32-34)8-9-19(30-21)36-12-24(27,28)29;1-30-11-14-10-16(6-7-17(14)28-30)31-23(32)21(13-2-4-15(24)5-3-13)22-18(29-31)8-9-20(27-22)33-12-19(25)26;1-3-34-19-9-7-17-21(28-19)20(13-4-8-18(27-11-13)35-23(24,25)26)22(33)32(30-17)15-5-6-16-14(10-15)12-31(2)29-16;1-3-30-19-13-12-18-21(26-19)20(15-6-10-17(11-7-15)31-23(24)25)22(29)28(27-18)16-8-4-14(2)5-9-16/h2-11,23H,12H2,1H3;2-11,19H,12H2,1H3;4-12H,3H2,1-2H3;4-13,23H,3H2,1-2H3. The van der Waals surface area contributed by atoms with Crippen LogP contribution in [0.15, 0.2) is 256 Å². The molecule has 19 aromatic rings. The first kappa shape index (κ1) is 92.6. The average molecular weight is 1890 g/mol. The fourth-order valence-electron chi connectivity index (χ4n) is 14.3. The van der Waals surface area contributed by atoms with Gasteiger partial charge in [-0.2, -0.15) is 85.2 Å². The number of aryl methyl sites for hydroxylation is 4. The van der Waals surface area contributed by atoms with Gasteiger partial charge in [-0.1, -0.05) is 65.7 Å². The van der Waals surface area contributed by atoms with Crippen molar-refractivity contribution in [1.82, 2.24) is 93.4 Å². The maximum Gasteiger partial charge on any atom is 0.574 e. The van der Waals surface area contributed by atoms with Crippen LogP contribution in [0.4, 0.5) is 52.7 Å². The lowest BCUT2D eigenvalue weighted by Crippen LogP contribution is -2.24. The molecule has 0 saturated carbocycles. The number of nitrogens with zero attached hydrogens (tertiary/aromatic N) is 19. The van der Waals surface area contributed by atoms with Crippen molar-refractivity contribution in [3.8, 4) is 108 Å². The van der Waals surface area contributed by atoms with E-state index in [9.17, 15) is 71.9 Å². The third-order valence-electron chi connectivity index (χ3n) is 20.1. The molecule has 0 aliphatic rings. The number of hydrogen-bond acceptors (Lipinski definition) is 23. The van der Waals surface area contributed by atoms with Crippen molar-refractivity contribution < 1.29 is 85.8 Å². The van der Waals surface area contributed by atoms with E-state index in [0.29, 0.717) is 85.6 Å². The Balaban J connectivity index is 0.000000132. The Morgan fingerprint density at radius 3 is 1.01 bits per heavy atom. The van der Waals surface area contributed by atoms with E-state index >= 15 is 0 Å². The minimum Gasteiger partial charge on any atom is -0.478 e. The summed E-state index contributed by atoms with van der Waals surface area (Å²) in [4.78, 5) is 75.5. The highest BCUT2D eigenvalue weighted by Gasteiger charge is 2.33. The van der Waals surface area contributed by atoms with E-state index in [1.54, 1.807) is 163 Å². The van der Waals surface area contributed by atoms with E-state index < -0.39 is 68.0 Å². The van der Waals surface area contributed by atoms with Gasteiger partial charge in [-0.25, -0.2) is 33.7 Å². The topological polar surface area (TPSA) is 322 Å². The number of ether oxygens (including phenoxy) is 7. The van der Waals surface area contributed by atoms with E-state index in [2.05, 4.69) is 74.8 Å². The van der Waals surface area contributed by atoms with Crippen molar-refractivity contribution in [1.29, 1.82) is 0 Å². The zero-order chi connectivity index (χ0) is 96.1. The van der Waals surface area contributed by atoms with Crippen LogP contribution in [0.25, 0.3) is 144 Å². The van der Waals surface area contributed by atoms with E-state index in [0.717, 1.165) is 49.7 Å². The molecule has 30 nitrogen and oxygen atoms in total. The highest BCUT2D eigenvalue weighted by atomic mass is 35.5. The van der Waals surface area contributed by atoms with Gasteiger partial charge in [-0.15, -0.1) is 13.2 Å². The molecular formula is C93H68ClF12N19O11. The summed E-state index contributed by atoms with van der Waals surface area (Å²) in [5, 5.41) is 33.7. The molecule has 692 valence electrons. The second kappa shape index (κ2) is 39.0. The Labute approximate surface area is 761 Å². The smallest absolute Gasteiger partial charge is 0.478 e. The molecule has 0 aliphatic heterocycles. The first-order valence-electron chi connectivity index (χ1n) is 40.7. The number of aromatic nitrogens is 19. The van der Waals surface area contributed by atoms with E-state index in [1.165, 1.54) is 74.7 Å². The number of alkyl halides is 12. The summed E-state index contributed by atoms with van der Waals surface area (Å²) in [5.41, 5.74) is 7.81. The predicted octanol–water partition coefficient (Wildman–Crippen LogP) is 18.3. The zero-order valence-corrected chi connectivity index (χ0v) is 72.2. The van der Waals surface area contributed by atoms with Crippen LogP contribution in [0.3, 0.4) is 0 Å². The summed E-state index contributed by atoms with van der Waals surface area (Å²) >= 11 is 6.03. The van der Waals surface area contributed by atoms with Crippen LogP contribution in [0.1, 0.15) is 19.4 Å². The summed E-state index contributed by atoms with van der Waals surface area (Å²) in [6.45, 7) is -1.99. The highest BCUT2D eigenvalue weighted by Crippen LogP contribution is 2.36. The fourth-order valence-corrected chi connectivity index (χ4v) is 14.4. The summed E-state index contributed by atoms with van der Waals surface area (Å²) in [6.07, 6.45) is -5.58. The van der Waals surface area contributed by atoms with Crippen LogP contribution in [0.5, 0.6) is 40.9 Å². The fraction of sp³-hybridized carbons (Fsp3) is 0.161. The number of halogens is 13. The largest absolute Gasteiger partial charge is 0.574 e. The van der Waals surface area contributed by atoms with Crippen molar-refractivity contribution in [2.75, 3.05) is 26.4 Å². The first-order chi connectivity index (χ1) is 65.1. The van der Waals surface area contributed by atoms with Crippen molar-refractivity contribution in [3.63, 3.8) is 0 Å². The second-order valence-electron chi connectivity index (χ2n) is 29.6. The Hall–Kier alpha value is -16.7. The third-order valence-corrected chi connectivity index (χ3v) is 20.3. The van der Waals surface area contributed by atoms with Gasteiger partial charge in [0.2, 0.25) is 29.4 Å². The molecule has 0 atom stereocenters. The quantitative estimate of drug-likeness (QED) is 0.0569. The van der Waals surface area contributed by atoms with E-state index in [4.69, 9.17) is 30.5 Å². The molecule has 136 heavy (non-hydrogen) atoms. The van der Waals surface area contributed by atoms with Crippen LogP contribution in [0.2, 0.25) is 5.02 Å². The Kier molecular flexibility index (Phi) is 26.6. The molecule has 0 saturated heterocycles. The molecule has 0 unspecified atom stereocenters. The van der Waals surface area contributed by atoms with Gasteiger partial charge >= 0.3 is 25.8 Å². The van der Waals surface area contributed by atoms with Crippen LogP contribution in [-0.4, -0.2) is 152 Å². The van der Waals surface area contributed by atoms with E-state index in [1.807, 2.05) is 57.6 Å². The van der Waals surface area contributed by atoms with E-state index in [-0.39, 0.29) is 90.1 Å². The minimum absolute atomic E-state index is 0.000985. The van der Waals surface area contributed by atoms with Gasteiger partial charge in [0.25, 0.3) is 28.7 Å². The molecule has 0 bridgehead atoms. The molecule has 19 rings (SSSR count). The van der Waals surface area contributed by atoms with Crippen molar-refractivity contribution in [2.24, 2.45) is 21.1 Å². The molecule has 7 aromatic carbocycles. The Morgan fingerprint density at radius 2 is 0.676 bits per heavy atom. The maximum atomic E-state index is 13.7. The Bertz CT molecular complexity index is 7950. The summed E-state index contributed by atoms with van der Waals surface area (Å²) in [6, 6.07) is 55.5. The number of pyridine rings is 5. The molecule has 0 amide bonds. The lowest BCUT2D eigenvalue weighted by atomic mass is 10.1. The van der Waals surface area contributed by atoms with Gasteiger partial charge in [0.05, 0.1) is 74.8 Å². The lowest BCUT2D eigenvalue weighted by Gasteiger charge is -2.13. The predicted molar refractivity (Wildman–Crippen MR) is 478 cm³/mol. The summed E-state index contributed by atoms with van der Waals surface area (Å²) in [5.74, 6) is -0.524. The van der Waals surface area contributed by atoms with Crippen molar-refractivity contribution >= 4 is 88.4 Å². The second-order valence-corrected chi connectivity index (χ2v) is 30.1. The first-order valence-corrected chi connectivity index (χ1v) is 41.1. The number of benzene rings is 7. The maximum absolute atomic E-state index is 13.7. The van der Waals surface area contributed by atoms with Gasteiger partial charge in [0, 0.05) is 103 Å².